The average Bonchev–Trinajstić information content (AvgIpc) is 3.11. The summed E-state index contributed by atoms with van der Waals surface area (Å²) in [5.74, 6) is -1.33. The van der Waals surface area contributed by atoms with Gasteiger partial charge < -0.3 is 18.6 Å². The Bertz CT molecular complexity index is 1300. The molecule has 1 aliphatic rings. The van der Waals surface area contributed by atoms with Crippen LogP contribution in [0.4, 0.5) is 17.6 Å². The molecule has 1 aromatic carbocycles. The van der Waals surface area contributed by atoms with Gasteiger partial charge in [-0.25, -0.2) is 18.4 Å². The van der Waals surface area contributed by atoms with E-state index in [1.807, 2.05) is 0 Å². The lowest BCUT2D eigenvalue weighted by molar-refractivity contribution is -0.391. The number of hydrogen-bond acceptors (Lipinski definition) is 6. The zero-order valence-electron chi connectivity index (χ0n) is 15.6. The normalized spacial score (nSPS) is 17.5. The third-order valence-electron chi connectivity index (χ3n) is 4.64. The Morgan fingerprint density at radius 1 is 1.03 bits per heavy atom. The molecule has 0 unspecified atom stereocenters. The molecule has 14 heteroatoms. The van der Waals surface area contributed by atoms with Crippen molar-refractivity contribution in [2.75, 3.05) is 5.75 Å². The lowest BCUT2D eigenvalue weighted by atomic mass is 10.2. The minimum Gasteiger partial charge on any atom is -0.421 e. The van der Waals surface area contributed by atoms with E-state index in [2.05, 4.69) is 35.4 Å². The number of imidazole rings is 2. The summed E-state index contributed by atoms with van der Waals surface area (Å²) in [4.78, 5) is 8.48. The van der Waals surface area contributed by atoms with Gasteiger partial charge in [-0.15, -0.1) is 0 Å². The van der Waals surface area contributed by atoms with E-state index in [1.54, 1.807) is 0 Å². The van der Waals surface area contributed by atoms with Gasteiger partial charge in [0.1, 0.15) is 5.69 Å². The van der Waals surface area contributed by atoms with E-state index in [4.69, 9.17) is 0 Å². The Balaban J connectivity index is 1.95. The number of nitrogens with zero attached hydrogens (tertiary/aromatic N) is 4. The number of rotatable bonds is 3. The zero-order chi connectivity index (χ0) is 22.2. The van der Waals surface area contributed by atoms with E-state index in [0.29, 0.717) is 0 Å². The molecule has 0 atom stereocenters. The van der Waals surface area contributed by atoms with Crippen molar-refractivity contribution in [2.45, 2.75) is 24.2 Å². The molecule has 0 spiro atoms. The number of fused-ring (bicyclic) bond motifs is 2. The minimum absolute atomic E-state index is 0.0143. The van der Waals surface area contributed by atoms with Gasteiger partial charge in [0.15, 0.2) is 36.9 Å². The summed E-state index contributed by atoms with van der Waals surface area (Å²) in [6, 6.07) is 2.08. The predicted octanol–water partition coefficient (Wildman–Crippen LogP) is 3.49. The van der Waals surface area contributed by atoms with E-state index < -0.39 is 33.6 Å². The molecule has 0 bridgehead atoms. The van der Waals surface area contributed by atoms with Crippen molar-refractivity contribution in [1.82, 2.24) is 19.1 Å². The highest BCUT2D eigenvalue weighted by molar-refractivity contribution is 9.10. The fourth-order valence-electron chi connectivity index (χ4n) is 3.06. The topological polar surface area (TPSA) is 88.2 Å². The maximum atomic E-state index is 13.5. The number of alkyl halides is 4. The van der Waals surface area contributed by atoms with Crippen LogP contribution in [-0.4, -0.2) is 45.5 Å². The van der Waals surface area contributed by atoms with Gasteiger partial charge in [0.2, 0.25) is 0 Å². The lowest BCUT2D eigenvalue weighted by Gasteiger charge is -2.31. The Labute approximate surface area is 175 Å². The van der Waals surface area contributed by atoms with E-state index in [9.17, 15) is 26.0 Å². The summed E-state index contributed by atoms with van der Waals surface area (Å²) in [6.45, 7) is 1.47. The first-order valence-electron chi connectivity index (χ1n) is 8.38. The highest BCUT2D eigenvalue weighted by atomic mass is 79.9. The van der Waals surface area contributed by atoms with Crippen molar-refractivity contribution in [3.05, 3.63) is 16.9 Å². The molecule has 0 saturated heterocycles. The van der Waals surface area contributed by atoms with E-state index in [-0.39, 0.29) is 38.1 Å². The zero-order valence-corrected chi connectivity index (χ0v) is 18.0. The van der Waals surface area contributed by atoms with E-state index in [0.717, 1.165) is 12.1 Å². The van der Waals surface area contributed by atoms with Gasteiger partial charge >= 0.3 is 12.2 Å². The maximum absolute atomic E-state index is 13.5. The Hall–Kier alpha value is -2.35. The molecule has 3 aromatic rings. The summed E-state index contributed by atoms with van der Waals surface area (Å²) in [5.41, 5.74) is 0.327. The molecule has 3 heterocycles. The van der Waals surface area contributed by atoms with Gasteiger partial charge in [0.05, 0.1) is 16.8 Å². The predicted molar refractivity (Wildman–Crippen MR) is 99.5 cm³/mol. The first-order valence-corrected chi connectivity index (χ1v) is 10.8. The Morgan fingerprint density at radius 2 is 1.60 bits per heavy atom. The van der Waals surface area contributed by atoms with E-state index in [1.165, 1.54) is 30.2 Å². The summed E-state index contributed by atoms with van der Waals surface area (Å²) in [7, 11) is -0.723. The molecular weight excluding hydrogens is 500 g/mol. The van der Waals surface area contributed by atoms with Crippen LogP contribution >= 0.6 is 15.9 Å². The second kappa shape index (κ2) is 6.33. The molecular formula is C16H13BrF4N4O4S. The van der Waals surface area contributed by atoms with Crippen LogP contribution in [-0.2, 0) is 23.9 Å². The molecule has 1 aliphatic heterocycles. The first kappa shape index (κ1) is 20.9. The fourth-order valence-corrected chi connectivity index (χ4v) is 4.74. The molecule has 0 radical (unpaired) electrons. The minimum atomic E-state index is -4.86. The number of halogens is 5. The van der Waals surface area contributed by atoms with Gasteiger partial charge in [0.25, 0.3) is 0 Å². The summed E-state index contributed by atoms with van der Waals surface area (Å²) in [6.07, 6.45) is -9.72. The Morgan fingerprint density at radius 3 is 2.17 bits per heavy atom. The second-order valence-corrected chi connectivity index (χ2v) is 9.42. The summed E-state index contributed by atoms with van der Waals surface area (Å²) < 4.78 is 90.3. The van der Waals surface area contributed by atoms with Crippen molar-refractivity contribution in [2.24, 2.45) is 14.1 Å². The van der Waals surface area contributed by atoms with Crippen LogP contribution in [0.15, 0.2) is 21.9 Å². The number of aryl methyl sites for hydroxylation is 1. The summed E-state index contributed by atoms with van der Waals surface area (Å²) >= 11 is 3.18. The molecule has 162 valence electrons. The standard InChI is InChI=1S/C16H13BrF4N4O4S/c1-4-30(26,27)13-11(23-14(17)25(13)3)12-22-7-5-9-10(6-8(7)24(12)2)29-16(20,21)15(18,19)28-9/h5-6H,4H2,1-3H3. The molecule has 0 amide bonds. The molecule has 0 saturated carbocycles. The third kappa shape index (κ3) is 2.87. The molecule has 2 aromatic heterocycles. The molecule has 0 N–H and O–H groups in total. The first-order chi connectivity index (χ1) is 13.8. The molecule has 0 aliphatic carbocycles. The monoisotopic (exact) mass is 512 g/mol. The number of benzene rings is 1. The smallest absolute Gasteiger partial charge is 0.421 e. The number of aromatic nitrogens is 4. The molecule has 30 heavy (non-hydrogen) atoms. The van der Waals surface area contributed by atoms with Gasteiger partial charge in [-0.1, -0.05) is 6.92 Å². The van der Waals surface area contributed by atoms with Crippen molar-refractivity contribution in [3.63, 3.8) is 0 Å². The molecule has 4 rings (SSSR count). The highest BCUT2D eigenvalue weighted by Gasteiger charge is 2.66. The van der Waals surface area contributed by atoms with Crippen LogP contribution in [0.2, 0.25) is 0 Å². The van der Waals surface area contributed by atoms with Crippen LogP contribution in [0.5, 0.6) is 11.5 Å². The average molecular weight is 513 g/mol. The quantitative estimate of drug-likeness (QED) is 0.499. The van der Waals surface area contributed by atoms with Gasteiger partial charge in [-0.05, 0) is 15.9 Å². The molecule has 0 fully saturated rings. The van der Waals surface area contributed by atoms with Crippen LogP contribution in [0.3, 0.4) is 0 Å². The number of sulfone groups is 1. The van der Waals surface area contributed by atoms with Crippen molar-refractivity contribution in [3.8, 4) is 23.0 Å². The third-order valence-corrected chi connectivity index (χ3v) is 7.16. The maximum Gasteiger partial charge on any atom is 0.507 e. The SMILES string of the molecule is CCS(=O)(=O)c1c(-c2nc3cc4c(cc3n2C)OC(F)(F)C(F)(F)O4)nc(Br)n1C. The van der Waals surface area contributed by atoms with Crippen molar-refractivity contribution in [1.29, 1.82) is 0 Å². The highest BCUT2D eigenvalue weighted by Crippen LogP contribution is 2.48. The lowest BCUT2D eigenvalue weighted by Crippen LogP contribution is -2.52. The number of hydrogen-bond donors (Lipinski definition) is 0. The van der Waals surface area contributed by atoms with Gasteiger partial charge in [-0.3, -0.25) is 0 Å². The van der Waals surface area contributed by atoms with Gasteiger partial charge in [-0.2, -0.15) is 17.6 Å². The second-order valence-electron chi connectivity index (χ2n) is 6.52. The van der Waals surface area contributed by atoms with Crippen molar-refractivity contribution >= 4 is 36.8 Å². The summed E-state index contributed by atoms with van der Waals surface area (Å²) in [5, 5.41) is -0.106. The van der Waals surface area contributed by atoms with Crippen LogP contribution in [0.1, 0.15) is 6.92 Å². The van der Waals surface area contributed by atoms with Crippen molar-refractivity contribution < 1.29 is 35.5 Å². The van der Waals surface area contributed by atoms with E-state index >= 15 is 0 Å². The molecule has 8 nitrogen and oxygen atoms in total. The van der Waals surface area contributed by atoms with Gasteiger partial charge in [0, 0.05) is 26.2 Å². The van der Waals surface area contributed by atoms with Crippen LogP contribution in [0, 0.1) is 0 Å². The van der Waals surface area contributed by atoms with Crippen LogP contribution < -0.4 is 9.47 Å². The number of ether oxygens (including phenoxy) is 2. The fraction of sp³-hybridized carbons (Fsp3) is 0.375. The Kier molecular flexibility index (Phi) is 4.41. The van der Waals surface area contributed by atoms with Crippen LogP contribution in [0.25, 0.3) is 22.6 Å². The largest absolute Gasteiger partial charge is 0.507 e.